The van der Waals surface area contributed by atoms with Gasteiger partial charge in [-0.1, -0.05) is 11.6 Å². The zero-order valence-corrected chi connectivity index (χ0v) is 13.6. The van der Waals surface area contributed by atoms with Crippen LogP contribution < -0.4 is 5.32 Å². The lowest BCUT2D eigenvalue weighted by atomic mass is 10.1. The second kappa shape index (κ2) is 5.99. The molecule has 0 radical (unpaired) electrons. The molecule has 8 heteroatoms. The molecule has 2 nitrogen and oxygen atoms in total. The first-order valence-corrected chi connectivity index (χ1v) is 7.28. The summed E-state index contributed by atoms with van der Waals surface area (Å²) in [5.74, 6) is 0.492. The van der Waals surface area contributed by atoms with E-state index in [0.717, 1.165) is 6.07 Å². The number of hydrogen-bond donors (Lipinski definition) is 1. The van der Waals surface area contributed by atoms with Crippen LogP contribution in [0.4, 0.5) is 18.9 Å². The van der Waals surface area contributed by atoms with Gasteiger partial charge in [-0.2, -0.15) is 13.2 Å². The maximum Gasteiger partial charge on any atom is 0.418 e. The zero-order valence-electron chi connectivity index (χ0n) is 9.69. The van der Waals surface area contributed by atoms with Gasteiger partial charge in [0.25, 0.3) is 0 Å². The van der Waals surface area contributed by atoms with Crippen LogP contribution in [-0.4, -0.2) is 0 Å². The fourth-order valence-corrected chi connectivity index (χ4v) is 2.40. The van der Waals surface area contributed by atoms with Crippen LogP contribution in [0.2, 0.25) is 5.02 Å². The van der Waals surface area contributed by atoms with Gasteiger partial charge in [0.1, 0.15) is 5.76 Å². The molecule has 0 fully saturated rings. The third-order valence-electron chi connectivity index (χ3n) is 2.44. The Labute approximate surface area is 134 Å². The predicted octanol–water partition coefficient (Wildman–Crippen LogP) is 6.09. The highest BCUT2D eigenvalue weighted by molar-refractivity contribution is 9.13. The van der Waals surface area contributed by atoms with Gasteiger partial charge in [0.2, 0.25) is 0 Å². The Bertz CT molecular complexity index is 608. The van der Waals surface area contributed by atoms with Gasteiger partial charge in [-0.25, -0.2) is 0 Å². The van der Waals surface area contributed by atoms with E-state index in [9.17, 15) is 13.2 Å². The molecule has 1 heterocycles. The van der Waals surface area contributed by atoms with E-state index in [1.165, 1.54) is 12.1 Å². The molecule has 0 bridgehead atoms. The lowest BCUT2D eigenvalue weighted by Gasteiger charge is -2.14. The Morgan fingerprint density at radius 2 is 1.90 bits per heavy atom. The van der Waals surface area contributed by atoms with Gasteiger partial charge in [0.15, 0.2) is 4.67 Å². The first kappa shape index (κ1) is 15.7. The predicted molar refractivity (Wildman–Crippen MR) is 77.9 cm³/mol. The molecule has 0 saturated heterocycles. The molecule has 0 aliphatic rings. The van der Waals surface area contributed by atoms with Crippen molar-refractivity contribution in [2.45, 2.75) is 12.7 Å². The van der Waals surface area contributed by atoms with Crippen molar-refractivity contribution in [3.05, 3.63) is 49.8 Å². The van der Waals surface area contributed by atoms with E-state index in [2.05, 4.69) is 37.2 Å². The molecule has 0 spiro atoms. The molecule has 0 saturated carbocycles. The summed E-state index contributed by atoms with van der Waals surface area (Å²) in [6.45, 7) is 0.120. The molecule has 0 aliphatic heterocycles. The van der Waals surface area contributed by atoms with Crippen molar-refractivity contribution in [1.82, 2.24) is 0 Å². The molecule has 1 N–H and O–H groups in total. The molecular weight excluding hydrogens is 426 g/mol. The average Bonchev–Trinajstić information content (AvgIpc) is 2.66. The highest BCUT2D eigenvalue weighted by atomic mass is 79.9. The molecular formula is C12H7Br2ClF3NO. The van der Waals surface area contributed by atoms with Crippen molar-refractivity contribution >= 4 is 49.1 Å². The molecule has 1 aromatic carbocycles. The van der Waals surface area contributed by atoms with Crippen LogP contribution in [0.5, 0.6) is 0 Å². The first-order chi connectivity index (χ1) is 9.27. The Morgan fingerprint density at radius 3 is 2.45 bits per heavy atom. The van der Waals surface area contributed by atoms with E-state index in [4.69, 9.17) is 16.0 Å². The zero-order chi connectivity index (χ0) is 14.9. The normalized spacial score (nSPS) is 11.7. The van der Waals surface area contributed by atoms with Gasteiger partial charge < -0.3 is 9.73 Å². The largest absolute Gasteiger partial charge is 0.451 e. The average molecular weight is 433 g/mol. The third-order valence-corrected chi connectivity index (χ3v) is 4.38. The molecule has 2 rings (SSSR count). The van der Waals surface area contributed by atoms with E-state index >= 15 is 0 Å². The summed E-state index contributed by atoms with van der Waals surface area (Å²) in [7, 11) is 0. The number of furan rings is 1. The minimum atomic E-state index is -4.47. The van der Waals surface area contributed by atoms with Crippen LogP contribution in [0.3, 0.4) is 0 Å². The summed E-state index contributed by atoms with van der Waals surface area (Å²) in [5.41, 5.74) is -0.861. The van der Waals surface area contributed by atoms with E-state index in [0.29, 0.717) is 14.9 Å². The molecule has 2 aromatic rings. The van der Waals surface area contributed by atoms with Crippen molar-refractivity contribution < 1.29 is 17.6 Å². The maximum atomic E-state index is 12.9. The van der Waals surface area contributed by atoms with Crippen molar-refractivity contribution in [1.29, 1.82) is 0 Å². The molecule has 1 aromatic heterocycles. The van der Waals surface area contributed by atoms with Gasteiger partial charge in [-0.15, -0.1) is 0 Å². The number of hydrogen-bond acceptors (Lipinski definition) is 2. The molecule has 0 aliphatic carbocycles. The molecule has 0 amide bonds. The Hall–Kier alpha value is -0.660. The van der Waals surface area contributed by atoms with Crippen molar-refractivity contribution in [2.75, 3.05) is 5.32 Å². The summed E-state index contributed by atoms with van der Waals surface area (Å²) >= 11 is 12.0. The number of benzene rings is 1. The summed E-state index contributed by atoms with van der Waals surface area (Å²) in [6.07, 6.45) is -4.47. The quantitative estimate of drug-likeness (QED) is 0.634. The van der Waals surface area contributed by atoms with E-state index < -0.39 is 11.7 Å². The minimum Gasteiger partial charge on any atom is -0.451 e. The summed E-state index contributed by atoms with van der Waals surface area (Å²) in [6, 6.07) is 5.24. The lowest BCUT2D eigenvalue weighted by molar-refractivity contribution is -0.137. The van der Waals surface area contributed by atoms with Gasteiger partial charge >= 0.3 is 6.18 Å². The third kappa shape index (κ3) is 3.71. The molecule has 0 unspecified atom stereocenters. The maximum absolute atomic E-state index is 12.9. The molecule has 108 valence electrons. The highest BCUT2D eigenvalue weighted by Gasteiger charge is 2.33. The highest BCUT2D eigenvalue weighted by Crippen LogP contribution is 2.37. The Balaban J connectivity index is 2.21. The van der Waals surface area contributed by atoms with Crippen molar-refractivity contribution in [3.8, 4) is 0 Å². The van der Waals surface area contributed by atoms with Crippen LogP contribution in [0, 0.1) is 0 Å². The SMILES string of the molecule is FC(F)(F)c1cc(Cl)ccc1NCc1cc(Br)c(Br)o1. The van der Waals surface area contributed by atoms with Crippen LogP contribution in [-0.2, 0) is 12.7 Å². The van der Waals surface area contributed by atoms with Gasteiger partial charge in [0, 0.05) is 10.7 Å². The van der Waals surface area contributed by atoms with Gasteiger partial charge in [-0.05, 0) is 56.1 Å². The van der Waals surface area contributed by atoms with Crippen molar-refractivity contribution in [3.63, 3.8) is 0 Å². The number of halogens is 6. The topological polar surface area (TPSA) is 25.2 Å². The van der Waals surface area contributed by atoms with Crippen LogP contribution in [0.25, 0.3) is 0 Å². The van der Waals surface area contributed by atoms with Crippen LogP contribution in [0.1, 0.15) is 11.3 Å². The van der Waals surface area contributed by atoms with Gasteiger partial charge in [-0.3, -0.25) is 0 Å². The number of alkyl halides is 3. The first-order valence-electron chi connectivity index (χ1n) is 5.31. The number of rotatable bonds is 3. The van der Waals surface area contributed by atoms with Gasteiger partial charge in [0.05, 0.1) is 16.6 Å². The van der Waals surface area contributed by atoms with Crippen LogP contribution >= 0.6 is 43.5 Å². The Kier molecular flexibility index (Phi) is 4.71. The second-order valence-electron chi connectivity index (χ2n) is 3.88. The van der Waals surface area contributed by atoms with Crippen LogP contribution in [0.15, 0.2) is 37.8 Å². The minimum absolute atomic E-state index is 0.0337. The standard InChI is InChI=1S/C12H7Br2ClF3NO/c13-9-4-7(20-11(9)14)5-19-10-2-1-6(15)3-8(10)12(16,17)18/h1-4,19H,5H2. The summed E-state index contributed by atoms with van der Waals surface area (Å²) in [5, 5.41) is 2.72. The van der Waals surface area contributed by atoms with E-state index in [1.807, 2.05) is 0 Å². The fourth-order valence-electron chi connectivity index (χ4n) is 1.57. The molecule has 0 atom stereocenters. The number of anilines is 1. The number of nitrogens with one attached hydrogen (secondary N) is 1. The lowest BCUT2D eigenvalue weighted by Crippen LogP contribution is -2.10. The monoisotopic (exact) mass is 431 g/mol. The second-order valence-corrected chi connectivity index (χ2v) is 5.89. The van der Waals surface area contributed by atoms with E-state index in [1.54, 1.807) is 6.07 Å². The summed E-state index contributed by atoms with van der Waals surface area (Å²) in [4.78, 5) is 0. The molecule has 20 heavy (non-hydrogen) atoms. The summed E-state index contributed by atoms with van der Waals surface area (Å²) < 4.78 is 45.1. The smallest absolute Gasteiger partial charge is 0.418 e. The van der Waals surface area contributed by atoms with E-state index in [-0.39, 0.29) is 17.3 Å². The fraction of sp³-hybridized carbons (Fsp3) is 0.167. The Morgan fingerprint density at radius 1 is 1.20 bits per heavy atom. The van der Waals surface area contributed by atoms with Crippen molar-refractivity contribution in [2.24, 2.45) is 0 Å².